The largest absolute Gasteiger partial charge is 0.368 e. The van der Waals surface area contributed by atoms with Crippen molar-refractivity contribution >= 4 is 5.82 Å². The zero-order chi connectivity index (χ0) is 11.4. The van der Waals surface area contributed by atoms with Crippen LogP contribution in [0.2, 0.25) is 0 Å². The highest BCUT2D eigenvalue weighted by molar-refractivity contribution is 5.61. The summed E-state index contributed by atoms with van der Waals surface area (Å²) < 4.78 is 0. The van der Waals surface area contributed by atoms with E-state index >= 15 is 0 Å². The Morgan fingerprint density at radius 3 is 3.00 bits per heavy atom. The Morgan fingerprint density at radius 2 is 2.31 bits per heavy atom. The molecule has 2 heterocycles. The van der Waals surface area contributed by atoms with Crippen LogP contribution in [-0.2, 0) is 0 Å². The minimum Gasteiger partial charge on any atom is -0.368 e. The summed E-state index contributed by atoms with van der Waals surface area (Å²) in [6.45, 7) is 5.26. The second-order valence-electron chi connectivity index (χ2n) is 4.18. The average molecular weight is 216 g/mol. The van der Waals surface area contributed by atoms with Crippen molar-refractivity contribution < 1.29 is 0 Å². The zero-order valence-corrected chi connectivity index (χ0v) is 9.57. The molecule has 16 heavy (non-hydrogen) atoms. The van der Waals surface area contributed by atoms with Crippen LogP contribution in [0.3, 0.4) is 0 Å². The lowest BCUT2D eigenvalue weighted by molar-refractivity contribution is 0.687. The van der Waals surface area contributed by atoms with Gasteiger partial charge in [-0.2, -0.15) is 5.10 Å². The molecule has 4 heteroatoms. The van der Waals surface area contributed by atoms with Crippen molar-refractivity contribution in [1.29, 1.82) is 0 Å². The van der Waals surface area contributed by atoms with Gasteiger partial charge < -0.3 is 5.32 Å². The molecule has 0 aliphatic rings. The molecule has 0 aromatic carbocycles. The van der Waals surface area contributed by atoms with Crippen LogP contribution < -0.4 is 5.32 Å². The van der Waals surface area contributed by atoms with Crippen molar-refractivity contribution in [3.63, 3.8) is 0 Å². The summed E-state index contributed by atoms with van der Waals surface area (Å²) in [5, 5.41) is 10.5. The molecule has 0 aliphatic heterocycles. The average Bonchev–Trinajstić information content (AvgIpc) is 2.76. The van der Waals surface area contributed by atoms with Crippen LogP contribution in [0.15, 0.2) is 30.6 Å². The third-order valence-electron chi connectivity index (χ3n) is 2.24. The number of rotatable bonds is 4. The molecule has 0 amide bonds. The van der Waals surface area contributed by atoms with Crippen molar-refractivity contribution in [3.8, 4) is 11.3 Å². The Bertz CT molecular complexity index is 433. The molecule has 2 rings (SSSR count). The summed E-state index contributed by atoms with van der Waals surface area (Å²) in [5.74, 6) is 1.49. The number of nitrogens with one attached hydrogen (secondary N) is 2. The van der Waals surface area contributed by atoms with Crippen LogP contribution in [-0.4, -0.2) is 21.7 Å². The molecule has 2 N–H and O–H groups in total. The highest BCUT2D eigenvalue weighted by atomic mass is 15.2. The van der Waals surface area contributed by atoms with Gasteiger partial charge >= 0.3 is 0 Å². The Morgan fingerprint density at radius 1 is 1.44 bits per heavy atom. The third kappa shape index (κ3) is 2.59. The van der Waals surface area contributed by atoms with E-state index in [0.717, 1.165) is 23.6 Å². The van der Waals surface area contributed by atoms with Gasteiger partial charge in [0, 0.05) is 30.6 Å². The molecule has 84 valence electrons. The summed E-state index contributed by atoms with van der Waals surface area (Å²) >= 11 is 0. The van der Waals surface area contributed by atoms with Gasteiger partial charge in [0.1, 0.15) is 5.82 Å². The molecule has 0 atom stereocenters. The fourth-order valence-electron chi connectivity index (χ4n) is 1.39. The number of anilines is 1. The lowest BCUT2D eigenvalue weighted by atomic mass is 10.2. The van der Waals surface area contributed by atoms with E-state index in [1.165, 1.54) is 0 Å². The van der Waals surface area contributed by atoms with E-state index in [1.54, 1.807) is 6.20 Å². The maximum absolute atomic E-state index is 4.20. The predicted octanol–water partition coefficient (Wildman–Crippen LogP) is 2.54. The Kier molecular flexibility index (Phi) is 3.19. The number of nitrogens with zero attached hydrogens (tertiary/aromatic N) is 2. The van der Waals surface area contributed by atoms with Crippen LogP contribution in [0.4, 0.5) is 5.82 Å². The van der Waals surface area contributed by atoms with E-state index in [0.29, 0.717) is 5.92 Å². The Balaban J connectivity index is 2.08. The van der Waals surface area contributed by atoms with Crippen LogP contribution >= 0.6 is 0 Å². The minimum atomic E-state index is 0.610. The summed E-state index contributed by atoms with van der Waals surface area (Å²) in [6.07, 6.45) is 3.58. The van der Waals surface area contributed by atoms with Gasteiger partial charge in [-0.05, 0) is 18.1 Å². The lowest BCUT2D eigenvalue weighted by Crippen LogP contribution is -2.07. The van der Waals surface area contributed by atoms with Crippen LogP contribution in [0.5, 0.6) is 0 Å². The molecule has 4 nitrogen and oxygen atoms in total. The number of aromatic nitrogens is 3. The molecule has 0 aliphatic carbocycles. The molecule has 0 bridgehead atoms. The normalized spacial score (nSPS) is 10.7. The maximum Gasteiger partial charge on any atom is 0.148 e. The fourth-order valence-corrected chi connectivity index (χ4v) is 1.39. The molecule has 0 saturated heterocycles. The summed E-state index contributed by atoms with van der Waals surface area (Å²) in [7, 11) is 0. The highest BCUT2D eigenvalue weighted by Crippen LogP contribution is 2.18. The first-order chi connectivity index (χ1) is 7.75. The second kappa shape index (κ2) is 4.79. The first kappa shape index (κ1) is 10.7. The summed E-state index contributed by atoms with van der Waals surface area (Å²) in [5.41, 5.74) is 2.03. The van der Waals surface area contributed by atoms with Crippen LogP contribution in [0.1, 0.15) is 13.8 Å². The van der Waals surface area contributed by atoms with Crippen molar-refractivity contribution in [2.45, 2.75) is 13.8 Å². The quantitative estimate of drug-likeness (QED) is 0.825. The number of hydrogen-bond acceptors (Lipinski definition) is 3. The van der Waals surface area contributed by atoms with Crippen molar-refractivity contribution in [2.24, 2.45) is 5.92 Å². The van der Waals surface area contributed by atoms with Gasteiger partial charge in [-0.3, -0.25) is 10.1 Å². The van der Waals surface area contributed by atoms with E-state index in [1.807, 2.05) is 24.4 Å². The van der Waals surface area contributed by atoms with Gasteiger partial charge in [0.2, 0.25) is 0 Å². The first-order valence-electron chi connectivity index (χ1n) is 5.45. The van der Waals surface area contributed by atoms with Crippen LogP contribution in [0.25, 0.3) is 11.3 Å². The summed E-state index contributed by atoms with van der Waals surface area (Å²) in [6, 6.07) is 5.92. The topological polar surface area (TPSA) is 53.6 Å². The highest BCUT2D eigenvalue weighted by Gasteiger charge is 2.03. The monoisotopic (exact) mass is 216 g/mol. The van der Waals surface area contributed by atoms with Crippen molar-refractivity contribution in [2.75, 3.05) is 11.9 Å². The SMILES string of the molecule is CC(C)CNc1cc(-c2cccnc2)[nH]n1. The Labute approximate surface area is 95.1 Å². The maximum atomic E-state index is 4.20. The van der Waals surface area contributed by atoms with Gasteiger partial charge in [0.25, 0.3) is 0 Å². The van der Waals surface area contributed by atoms with E-state index < -0.39 is 0 Å². The van der Waals surface area contributed by atoms with Gasteiger partial charge in [-0.25, -0.2) is 0 Å². The number of aromatic amines is 1. The second-order valence-corrected chi connectivity index (χ2v) is 4.18. The van der Waals surface area contributed by atoms with E-state index in [-0.39, 0.29) is 0 Å². The molecular weight excluding hydrogens is 200 g/mol. The molecule has 0 fully saturated rings. The zero-order valence-electron chi connectivity index (χ0n) is 9.57. The van der Waals surface area contributed by atoms with Gasteiger partial charge in [-0.15, -0.1) is 0 Å². The summed E-state index contributed by atoms with van der Waals surface area (Å²) in [4.78, 5) is 4.08. The molecule has 0 radical (unpaired) electrons. The molecule has 2 aromatic heterocycles. The van der Waals surface area contributed by atoms with E-state index in [9.17, 15) is 0 Å². The molecule has 0 saturated carbocycles. The predicted molar refractivity (Wildman–Crippen MR) is 65.1 cm³/mol. The van der Waals surface area contributed by atoms with Crippen LogP contribution in [0, 0.1) is 5.92 Å². The van der Waals surface area contributed by atoms with Gasteiger partial charge in [-0.1, -0.05) is 13.8 Å². The molecule has 0 unspecified atom stereocenters. The standard InChI is InChI=1S/C12H16N4/c1-9(2)7-14-12-6-11(15-16-12)10-4-3-5-13-8-10/h3-6,8-9H,7H2,1-2H3,(H2,14,15,16). The smallest absolute Gasteiger partial charge is 0.148 e. The molecule has 0 spiro atoms. The lowest BCUT2D eigenvalue weighted by Gasteiger charge is -2.04. The third-order valence-corrected chi connectivity index (χ3v) is 2.24. The van der Waals surface area contributed by atoms with Gasteiger partial charge in [0.15, 0.2) is 0 Å². The van der Waals surface area contributed by atoms with E-state index in [2.05, 4.69) is 34.3 Å². The molecular formula is C12H16N4. The van der Waals surface area contributed by atoms with E-state index in [4.69, 9.17) is 0 Å². The first-order valence-corrected chi connectivity index (χ1v) is 5.45. The number of hydrogen-bond donors (Lipinski definition) is 2. The van der Waals surface area contributed by atoms with Gasteiger partial charge in [0.05, 0.1) is 5.69 Å². The minimum absolute atomic E-state index is 0.610. The fraction of sp³-hybridized carbons (Fsp3) is 0.333. The number of pyridine rings is 1. The van der Waals surface area contributed by atoms with Crippen molar-refractivity contribution in [3.05, 3.63) is 30.6 Å². The Hall–Kier alpha value is -1.84. The number of H-pyrrole nitrogens is 1. The van der Waals surface area contributed by atoms with Crippen molar-refractivity contribution in [1.82, 2.24) is 15.2 Å². The molecule has 2 aromatic rings.